The first-order valence-corrected chi connectivity index (χ1v) is 23.2. The van der Waals surface area contributed by atoms with Crippen molar-refractivity contribution in [3.8, 4) is 0 Å². The van der Waals surface area contributed by atoms with Crippen LogP contribution in [0.4, 0.5) is 0 Å². The molecule has 0 aliphatic carbocycles. The highest BCUT2D eigenvalue weighted by Gasteiger charge is 2.18. The topological polar surface area (TPSA) is 85.4 Å². The van der Waals surface area contributed by atoms with Gasteiger partial charge in [-0.2, -0.15) is 11.8 Å². The van der Waals surface area contributed by atoms with E-state index in [1.165, 1.54) is 103 Å². The molecule has 0 aliphatic heterocycles. The summed E-state index contributed by atoms with van der Waals surface area (Å²) in [5.74, 6) is 1.74. The largest absolute Gasteiger partial charge is 0.465 e. The molecule has 0 fully saturated rings. The molecular formula is C44H86N2O6S. The van der Waals surface area contributed by atoms with Gasteiger partial charge in [-0.15, -0.1) is 0 Å². The van der Waals surface area contributed by atoms with Crippen LogP contribution in [0.5, 0.6) is 0 Å². The first kappa shape index (κ1) is 51.7. The van der Waals surface area contributed by atoms with E-state index in [0.29, 0.717) is 25.5 Å². The normalized spacial score (nSPS) is 12.8. The summed E-state index contributed by atoms with van der Waals surface area (Å²) in [7, 11) is 4.18. The lowest BCUT2D eigenvalue weighted by atomic mass is 9.95. The number of thioether (sulfide) groups is 1. The summed E-state index contributed by atoms with van der Waals surface area (Å²) in [5, 5.41) is 0. The summed E-state index contributed by atoms with van der Waals surface area (Å²) in [5.41, 5.74) is 0. The Morgan fingerprint density at radius 1 is 0.547 bits per heavy atom. The number of nitrogens with zero attached hydrogens (tertiary/aromatic N) is 2. The van der Waals surface area contributed by atoms with Crippen LogP contribution in [0.3, 0.4) is 0 Å². The first-order chi connectivity index (χ1) is 25.6. The summed E-state index contributed by atoms with van der Waals surface area (Å²) in [6, 6.07) is 0. The molecule has 53 heavy (non-hydrogen) atoms. The molecule has 2 unspecified atom stereocenters. The quantitative estimate of drug-likeness (QED) is 0.0344. The molecule has 0 radical (unpaired) electrons. The molecule has 0 aliphatic rings. The second-order valence-electron chi connectivity index (χ2n) is 15.8. The molecule has 9 heteroatoms. The minimum absolute atomic E-state index is 0.0131. The molecule has 8 nitrogen and oxygen atoms in total. The maximum absolute atomic E-state index is 12.7. The number of hydrogen-bond donors (Lipinski definition) is 0. The van der Waals surface area contributed by atoms with Gasteiger partial charge in [-0.25, -0.2) is 0 Å². The zero-order valence-electron chi connectivity index (χ0n) is 35.9. The Morgan fingerprint density at radius 3 is 1.74 bits per heavy atom. The number of esters is 3. The average Bonchev–Trinajstić information content (AvgIpc) is 3.14. The summed E-state index contributed by atoms with van der Waals surface area (Å²) in [6.45, 7) is 15.1. The van der Waals surface area contributed by atoms with E-state index in [4.69, 9.17) is 14.2 Å². The smallest absolute Gasteiger partial charge is 0.309 e. The molecule has 0 saturated heterocycles. The highest BCUT2D eigenvalue weighted by atomic mass is 32.2. The van der Waals surface area contributed by atoms with Crippen LogP contribution in [0.1, 0.15) is 176 Å². The number of unbranched alkanes of at least 4 members (excludes halogenated alkanes) is 13. The molecule has 0 aromatic carbocycles. The van der Waals surface area contributed by atoms with Crippen molar-refractivity contribution >= 4 is 29.7 Å². The Balaban J connectivity index is 4.22. The molecule has 0 spiro atoms. The highest BCUT2D eigenvalue weighted by molar-refractivity contribution is 7.99. The minimum Gasteiger partial charge on any atom is -0.465 e. The van der Waals surface area contributed by atoms with Crippen LogP contribution in [-0.4, -0.2) is 99.3 Å². The lowest BCUT2D eigenvalue weighted by Gasteiger charge is -2.23. The van der Waals surface area contributed by atoms with Gasteiger partial charge < -0.3 is 24.0 Å². The summed E-state index contributed by atoms with van der Waals surface area (Å²) in [6.07, 6.45) is 25.4. The molecule has 0 aromatic heterocycles. The van der Waals surface area contributed by atoms with Crippen LogP contribution in [0, 0.1) is 17.8 Å². The van der Waals surface area contributed by atoms with E-state index >= 15 is 0 Å². The number of carbonyl (C=O) groups excluding carboxylic acids is 3. The second-order valence-corrected chi connectivity index (χ2v) is 17.0. The van der Waals surface area contributed by atoms with E-state index in [9.17, 15) is 14.4 Å². The van der Waals surface area contributed by atoms with Crippen LogP contribution in [0.25, 0.3) is 0 Å². The molecule has 0 N–H and O–H groups in total. The number of rotatable bonds is 39. The van der Waals surface area contributed by atoms with E-state index in [1.54, 1.807) is 0 Å². The minimum atomic E-state index is -0.234. The summed E-state index contributed by atoms with van der Waals surface area (Å²) in [4.78, 5) is 42.1. The standard InChI is InChI=1S/C44H86N2O6S/c1-8-11-14-19-24-36-53-38-40(5)44(49)51-35-34-50-42(47)29-33-46(32-25-30-45(6)7)31-23-18-16-15-17-22-26-39(4)43(48)52-37-41(27-20-12-9-2)28-21-13-10-3/h39-41H,8-38H2,1-7H3. The molecule has 0 heterocycles. The third kappa shape index (κ3) is 33.7. The van der Waals surface area contributed by atoms with Crippen LogP contribution >= 0.6 is 11.8 Å². The second kappa shape index (κ2) is 37.6. The van der Waals surface area contributed by atoms with E-state index < -0.39 is 0 Å². The maximum Gasteiger partial charge on any atom is 0.309 e. The van der Waals surface area contributed by atoms with Gasteiger partial charge in [0.25, 0.3) is 0 Å². The van der Waals surface area contributed by atoms with Gasteiger partial charge in [0.05, 0.1) is 24.9 Å². The van der Waals surface area contributed by atoms with E-state index in [2.05, 4.69) is 44.7 Å². The Morgan fingerprint density at radius 2 is 1.08 bits per heavy atom. The third-order valence-corrected chi connectivity index (χ3v) is 11.4. The van der Waals surface area contributed by atoms with Crippen LogP contribution < -0.4 is 0 Å². The van der Waals surface area contributed by atoms with Crippen molar-refractivity contribution in [2.75, 3.05) is 71.6 Å². The van der Waals surface area contributed by atoms with E-state index in [1.807, 2.05) is 25.6 Å². The highest BCUT2D eigenvalue weighted by Crippen LogP contribution is 2.20. The van der Waals surface area contributed by atoms with Crippen molar-refractivity contribution in [2.24, 2.45) is 17.8 Å². The molecular weight excluding hydrogens is 685 g/mol. The molecule has 314 valence electrons. The number of carbonyl (C=O) groups is 3. The summed E-state index contributed by atoms with van der Waals surface area (Å²) >= 11 is 1.82. The van der Waals surface area contributed by atoms with Crippen LogP contribution in [-0.2, 0) is 28.6 Å². The van der Waals surface area contributed by atoms with E-state index in [0.717, 1.165) is 63.2 Å². The monoisotopic (exact) mass is 771 g/mol. The van der Waals surface area contributed by atoms with Gasteiger partial charge in [-0.3, -0.25) is 14.4 Å². The number of hydrogen-bond acceptors (Lipinski definition) is 9. The van der Waals surface area contributed by atoms with Crippen molar-refractivity contribution in [1.82, 2.24) is 9.80 Å². The van der Waals surface area contributed by atoms with Gasteiger partial charge in [-0.05, 0) is 83.9 Å². The lowest BCUT2D eigenvalue weighted by molar-refractivity contribution is -0.154. The van der Waals surface area contributed by atoms with Crippen LogP contribution in [0.15, 0.2) is 0 Å². The SMILES string of the molecule is CCCCCCCSCC(C)C(=O)OCCOC(=O)CCN(CCCCCCCCC(C)C(=O)OCC(CCCCC)CCCCC)CCCN(C)C. The molecule has 0 aromatic rings. The fraction of sp³-hybridized carbons (Fsp3) is 0.932. The first-order valence-electron chi connectivity index (χ1n) is 22.1. The molecule has 0 rings (SSSR count). The third-order valence-electron chi connectivity index (χ3n) is 10.1. The predicted octanol–water partition coefficient (Wildman–Crippen LogP) is 10.7. The Kier molecular flexibility index (Phi) is 36.7. The van der Waals surface area contributed by atoms with Crippen molar-refractivity contribution in [2.45, 2.75) is 176 Å². The average molecular weight is 771 g/mol. The van der Waals surface area contributed by atoms with Crippen LogP contribution in [0.2, 0.25) is 0 Å². The van der Waals surface area contributed by atoms with Gasteiger partial charge >= 0.3 is 17.9 Å². The molecule has 0 amide bonds. The van der Waals surface area contributed by atoms with E-state index in [-0.39, 0.29) is 43.0 Å². The molecule has 0 bridgehead atoms. The van der Waals surface area contributed by atoms with Crippen molar-refractivity contribution in [3.63, 3.8) is 0 Å². The van der Waals surface area contributed by atoms with Gasteiger partial charge in [-0.1, -0.05) is 131 Å². The fourth-order valence-corrected chi connectivity index (χ4v) is 7.54. The molecule has 2 atom stereocenters. The van der Waals surface area contributed by atoms with Gasteiger partial charge in [0.2, 0.25) is 0 Å². The molecule has 0 saturated carbocycles. The number of ether oxygens (including phenoxy) is 3. The fourth-order valence-electron chi connectivity index (χ4n) is 6.47. The maximum atomic E-state index is 12.7. The van der Waals surface area contributed by atoms with Gasteiger partial charge in [0.15, 0.2) is 0 Å². The zero-order chi connectivity index (χ0) is 39.4. The lowest BCUT2D eigenvalue weighted by Crippen LogP contribution is -2.31. The van der Waals surface area contributed by atoms with Crippen molar-refractivity contribution in [3.05, 3.63) is 0 Å². The van der Waals surface area contributed by atoms with Gasteiger partial charge in [0.1, 0.15) is 13.2 Å². The summed E-state index contributed by atoms with van der Waals surface area (Å²) < 4.78 is 16.6. The Labute approximate surface area is 332 Å². The predicted molar refractivity (Wildman–Crippen MR) is 226 cm³/mol. The Bertz CT molecular complexity index is 850. The van der Waals surface area contributed by atoms with Crippen molar-refractivity contribution < 1.29 is 28.6 Å². The Hall–Kier alpha value is -1.32. The van der Waals surface area contributed by atoms with Crippen molar-refractivity contribution in [1.29, 1.82) is 0 Å². The van der Waals surface area contributed by atoms with Gasteiger partial charge in [0, 0.05) is 12.3 Å². The zero-order valence-corrected chi connectivity index (χ0v) is 36.7.